The van der Waals surface area contributed by atoms with Crippen LogP contribution in [0.5, 0.6) is 0 Å². The molecule has 2 aromatic rings. The van der Waals surface area contributed by atoms with Gasteiger partial charge in [0.15, 0.2) is 0 Å². The first-order valence-corrected chi connectivity index (χ1v) is 12.1. The summed E-state index contributed by atoms with van der Waals surface area (Å²) in [6, 6.07) is 12.9. The minimum atomic E-state index is -3.85. The number of nitrogens with zero attached hydrogens (tertiary/aromatic N) is 1. The van der Waals surface area contributed by atoms with E-state index in [1.807, 2.05) is 13.8 Å². The topological polar surface area (TPSA) is 80.8 Å². The first-order valence-electron chi connectivity index (χ1n) is 9.25. The molecule has 1 aliphatic heterocycles. The van der Waals surface area contributed by atoms with Crippen LogP contribution in [0, 0.1) is 13.8 Å². The lowest BCUT2D eigenvalue weighted by atomic mass is 10.2. The van der Waals surface area contributed by atoms with Crippen molar-refractivity contribution in [3.63, 3.8) is 0 Å². The Morgan fingerprint density at radius 2 is 1.43 bits per heavy atom. The van der Waals surface area contributed by atoms with Crippen LogP contribution in [-0.2, 0) is 24.3 Å². The summed E-state index contributed by atoms with van der Waals surface area (Å²) in [5, 5.41) is 0. The van der Waals surface area contributed by atoms with E-state index in [-0.39, 0.29) is 22.4 Å². The fourth-order valence-electron chi connectivity index (χ4n) is 3.33. The predicted octanol–water partition coefficient (Wildman–Crippen LogP) is 3.25. The van der Waals surface area contributed by atoms with Crippen molar-refractivity contribution in [2.24, 2.45) is 0 Å². The molecule has 3 rings (SSSR count). The van der Waals surface area contributed by atoms with Gasteiger partial charge < -0.3 is 0 Å². The largest absolute Gasteiger partial charge is 0.296 e. The molecule has 0 radical (unpaired) electrons. The molecule has 0 aromatic heterocycles. The van der Waals surface area contributed by atoms with E-state index in [9.17, 15) is 16.8 Å². The molecule has 1 atom stereocenters. The number of hydrogen-bond acceptors (Lipinski definition) is 5. The van der Waals surface area contributed by atoms with E-state index >= 15 is 0 Å². The van der Waals surface area contributed by atoms with Crippen molar-refractivity contribution in [2.45, 2.75) is 48.9 Å². The van der Waals surface area contributed by atoms with E-state index < -0.39 is 20.1 Å². The summed E-state index contributed by atoms with van der Waals surface area (Å²) < 4.78 is 57.1. The van der Waals surface area contributed by atoms with Crippen molar-refractivity contribution in [1.29, 1.82) is 0 Å². The van der Waals surface area contributed by atoms with Gasteiger partial charge in [0.1, 0.15) is 0 Å². The second kappa shape index (κ2) is 8.32. The summed E-state index contributed by atoms with van der Waals surface area (Å²) in [5.74, 6) is 0. The van der Waals surface area contributed by atoms with Crippen molar-refractivity contribution in [3.8, 4) is 0 Å². The molecule has 1 saturated heterocycles. The highest BCUT2D eigenvalue weighted by Gasteiger charge is 2.35. The molecule has 1 unspecified atom stereocenters. The third kappa shape index (κ3) is 4.63. The van der Waals surface area contributed by atoms with Crippen molar-refractivity contribution < 1.29 is 21.0 Å². The first kappa shape index (κ1) is 21.0. The summed E-state index contributed by atoms with van der Waals surface area (Å²) in [6.07, 6.45) is 1.77. The number of aryl methyl sites for hydroxylation is 2. The number of benzene rings is 2. The molecule has 0 saturated carbocycles. The molecule has 152 valence electrons. The monoisotopic (exact) mass is 423 g/mol. The molecule has 1 fully saturated rings. The van der Waals surface area contributed by atoms with Crippen LogP contribution in [0.2, 0.25) is 0 Å². The zero-order valence-electron chi connectivity index (χ0n) is 16.0. The molecule has 0 N–H and O–H groups in total. The highest BCUT2D eigenvalue weighted by atomic mass is 32.2. The Kier molecular flexibility index (Phi) is 6.24. The Hall–Kier alpha value is -1.74. The van der Waals surface area contributed by atoms with Crippen LogP contribution in [0.4, 0.5) is 0 Å². The highest BCUT2D eigenvalue weighted by Crippen LogP contribution is 2.28. The lowest BCUT2D eigenvalue weighted by molar-refractivity contribution is 0.268. The van der Waals surface area contributed by atoms with Gasteiger partial charge in [-0.2, -0.15) is 12.7 Å². The average Bonchev–Trinajstić information content (AvgIpc) is 3.12. The van der Waals surface area contributed by atoms with Crippen molar-refractivity contribution >= 4 is 20.1 Å². The van der Waals surface area contributed by atoms with Crippen LogP contribution in [0.15, 0.2) is 58.3 Å². The van der Waals surface area contributed by atoms with Crippen LogP contribution < -0.4 is 0 Å². The highest BCUT2D eigenvalue weighted by molar-refractivity contribution is 7.89. The smallest absolute Gasteiger partial charge is 0.266 e. The SMILES string of the molecule is Cc1ccc(S(=O)(=O)OCCC2CCCN2S(=O)(=O)c2ccc(C)cc2)cc1. The quantitative estimate of drug-likeness (QED) is 0.639. The molecular weight excluding hydrogens is 398 g/mol. The Morgan fingerprint density at radius 1 is 0.893 bits per heavy atom. The lowest BCUT2D eigenvalue weighted by Gasteiger charge is -2.24. The van der Waals surface area contributed by atoms with E-state index in [0.717, 1.165) is 17.5 Å². The van der Waals surface area contributed by atoms with Gasteiger partial charge in [0.25, 0.3) is 10.1 Å². The van der Waals surface area contributed by atoms with Gasteiger partial charge in [0, 0.05) is 12.6 Å². The third-order valence-corrected chi connectivity index (χ3v) is 8.24. The molecule has 1 aliphatic rings. The van der Waals surface area contributed by atoms with Crippen molar-refractivity contribution in [1.82, 2.24) is 4.31 Å². The maximum Gasteiger partial charge on any atom is 0.296 e. The van der Waals surface area contributed by atoms with Crippen LogP contribution in [0.1, 0.15) is 30.4 Å². The Labute approximate surface area is 167 Å². The fraction of sp³-hybridized carbons (Fsp3) is 0.400. The molecule has 28 heavy (non-hydrogen) atoms. The van der Waals surface area contributed by atoms with Gasteiger partial charge >= 0.3 is 0 Å². The third-order valence-electron chi connectivity index (χ3n) is 4.95. The van der Waals surface area contributed by atoms with Gasteiger partial charge in [-0.1, -0.05) is 35.4 Å². The molecule has 0 spiro atoms. The summed E-state index contributed by atoms with van der Waals surface area (Å²) in [4.78, 5) is 0.367. The standard InChI is InChI=1S/C20H25NO5S2/c1-16-5-9-19(10-6-16)27(22,23)21-14-3-4-18(21)13-15-26-28(24,25)20-11-7-17(2)8-12-20/h5-12,18H,3-4,13-15H2,1-2H3. The zero-order chi connectivity index (χ0) is 20.4. The van der Waals surface area contributed by atoms with Gasteiger partial charge in [-0.3, -0.25) is 4.18 Å². The average molecular weight is 424 g/mol. The molecule has 0 aliphatic carbocycles. The fourth-order valence-corrected chi connectivity index (χ4v) is 5.97. The Morgan fingerprint density at radius 3 is 2.00 bits per heavy atom. The summed E-state index contributed by atoms with van der Waals surface area (Å²) in [5.41, 5.74) is 1.95. The van der Waals surface area contributed by atoms with Crippen molar-refractivity contribution in [3.05, 3.63) is 59.7 Å². The second-order valence-electron chi connectivity index (χ2n) is 7.10. The predicted molar refractivity (Wildman–Crippen MR) is 107 cm³/mol. The van der Waals surface area contributed by atoms with E-state index in [1.165, 1.54) is 16.4 Å². The maximum absolute atomic E-state index is 12.9. The number of hydrogen-bond donors (Lipinski definition) is 0. The molecular formula is C20H25NO5S2. The summed E-state index contributed by atoms with van der Waals surface area (Å²) in [6.45, 7) is 4.16. The van der Waals surface area contributed by atoms with E-state index in [1.54, 1.807) is 36.4 Å². The van der Waals surface area contributed by atoms with Crippen molar-refractivity contribution in [2.75, 3.05) is 13.2 Å². The molecule has 0 amide bonds. The minimum Gasteiger partial charge on any atom is -0.266 e. The van der Waals surface area contributed by atoms with E-state index in [4.69, 9.17) is 4.18 Å². The molecule has 8 heteroatoms. The van der Waals surface area contributed by atoms with E-state index in [2.05, 4.69) is 0 Å². The molecule has 2 aromatic carbocycles. The molecule has 1 heterocycles. The number of sulfonamides is 1. The molecule has 0 bridgehead atoms. The normalized spacial score (nSPS) is 18.4. The summed E-state index contributed by atoms with van der Waals surface area (Å²) in [7, 11) is -7.45. The van der Waals surface area contributed by atoms with Gasteiger partial charge in [-0.05, 0) is 57.4 Å². The van der Waals surface area contributed by atoms with E-state index in [0.29, 0.717) is 19.4 Å². The maximum atomic E-state index is 12.9. The zero-order valence-corrected chi connectivity index (χ0v) is 17.7. The Bertz CT molecular complexity index is 1010. The minimum absolute atomic E-state index is 0.0548. The van der Waals surface area contributed by atoms with Crippen LogP contribution in [-0.4, -0.2) is 40.3 Å². The van der Waals surface area contributed by atoms with Gasteiger partial charge in [-0.15, -0.1) is 0 Å². The lowest BCUT2D eigenvalue weighted by Crippen LogP contribution is -2.36. The summed E-state index contributed by atoms with van der Waals surface area (Å²) >= 11 is 0. The first-order chi connectivity index (χ1) is 13.2. The second-order valence-corrected chi connectivity index (χ2v) is 10.6. The van der Waals surface area contributed by atoms with Crippen LogP contribution >= 0.6 is 0 Å². The molecule has 6 nitrogen and oxygen atoms in total. The Balaban J connectivity index is 1.65. The number of rotatable bonds is 7. The van der Waals surface area contributed by atoms with Gasteiger partial charge in [0.05, 0.1) is 16.4 Å². The van der Waals surface area contributed by atoms with Gasteiger partial charge in [-0.25, -0.2) is 8.42 Å². The van der Waals surface area contributed by atoms with Gasteiger partial charge in [0.2, 0.25) is 10.0 Å². The van der Waals surface area contributed by atoms with Crippen LogP contribution in [0.3, 0.4) is 0 Å². The van der Waals surface area contributed by atoms with Crippen LogP contribution in [0.25, 0.3) is 0 Å².